The van der Waals surface area contributed by atoms with Crippen molar-refractivity contribution < 1.29 is 0 Å². The van der Waals surface area contributed by atoms with Crippen LogP contribution >= 0.6 is 0 Å². The van der Waals surface area contributed by atoms with E-state index in [1.807, 2.05) is 0 Å². The van der Waals surface area contributed by atoms with Crippen molar-refractivity contribution in [1.82, 2.24) is 0 Å². The highest BCUT2D eigenvalue weighted by atomic mass is 14.6. The van der Waals surface area contributed by atoms with E-state index in [4.69, 9.17) is 5.73 Å². The van der Waals surface area contributed by atoms with Gasteiger partial charge in [-0.15, -0.1) is 0 Å². The van der Waals surface area contributed by atoms with Gasteiger partial charge in [-0.3, -0.25) is 0 Å². The molecule has 15 heavy (non-hydrogen) atoms. The van der Waals surface area contributed by atoms with Crippen molar-refractivity contribution >= 4 is 0 Å². The average Bonchev–Trinajstić information content (AvgIpc) is 2.12. The molecule has 1 aliphatic carbocycles. The molecule has 0 bridgehead atoms. The van der Waals surface area contributed by atoms with E-state index in [-0.39, 0.29) is 0 Å². The van der Waals surface area contributed by atoms with Crippen LogP contribution in [0.5, 0.6) is 0 Å². The Hall–Kier alpha value is -0.820. The number of rotatable bonds is 2. The molecule has 2 N–H and O–H groups in total. The van der Waals surface area contributed by atoms with Gasteiger partial charge in [-0.1, -0.05) is 18.6 Å². The lowest BCUT2D eigenvalue weighted by atomic mass is 9.63. The lowest BCUT2D eigenvalue weighted by Gasteiger charge is -2.42. The molecule has 1 aliphatic rings. The number of aryl methyl sites for hydroxylation is 3. The summed E-state index contributed by atoms with van der Waals surface area (Å²) >= 11 is 0. The summed E-state index contributed by atoms with van der Waals surface area (Å²) in [6, 6.07) is 4.66. The second-order valence-corrected chi connectivity index (χ2v) is 5.09. The van der Waals surface area contributed by atoms with Crippen molar-refractivity contribution in [3.05, 3.63) is 34.4 Å². The maximum Gasteiger partial charge on any atom is 0.00783 e. The Bertz CT molecular complexity index is 370. The highest BCUT2D eigenvalue weighted by Gasteiger charge is 2.38. The third-order valence-electron chi connectivity index (χ3n) is 4.11. The normalized spacial score (nSPS) is 18.7. The molecule has 2 rings (SSSR count). The van der Waals surface area contributed by atoms with Gasteiger partial charge in [0.05, 0.1) is 0 Å². The lowest BCUT2D eigenvalue weighted by Crippen LogP contribution is -2.42. The summed E-state index contributed by atoms with van der Waals surface area (Å²) in [6.07, 6.45) is 3.88. The summed E-state index contributed by atoms with van der Waals surface area (Å²) in [5.74, 6) is 0. The van der Waals surface area contributed by atoms with Gasteiger partial charge in [0, 0.05) is 12.0 Å². The first-order valence-electron chi connectivity index (χ1n) is 5.87. The van der Waals surface area contributed by atoms with Gasteiger partial charge in [-0.25, -0.2) is 0 Å². The molecule has 0 spiro atoms. The van der Waals surface area contributed by atoms with Crippen LogP contribution in [0.1, 0.15) is 41.5 Å². The molecule has 82 valence electrons. The van der Waals surface area contributed by atoms with Gasteiger partial charge >= 0.3 is 0 Å². The first-order chi connectivity index (χ1) is 7.09. The zero-order valence-corrected chi connectivity index (χ0v) is 10.1. The molecule has 1 aromatic rings. The van der Waals surface area contributed by atoms with Crippen LogP contribution in [0.15, 0.2) is 12.1 Å². The minimum Gasteiger partial charge on any atom is -0.330 e. The fourth-order valence-corrected chi connectivity index (χ4v) is 2.72. The number of hydrogen-bond acceptors (Lipinski definition) is 1. The van der Waals surface area contributed by atoms with Gasteiger partial charge in [0.25, 0.3) is 0 Å². The summed E-state index contributed by atoms with van der Waals surface area (Å²) in [5.41, 5.74) is 12.0. The van der Waals surface area contributed by atoms with Crippen LogP contribution in [0.4, 0.5) is 0 Å². The topological polar surface area (TPSA) is 26.0 Å². The predicted molar refractivity (Wildman–Crippen MR) is 65.2 cm³/mol. The van der Waals surface area contributed by atoms with E-state index < -0.39 is 0 Å². The molecular formula is C14H21N. The van der Waals surface area contributed by atoms with E-state index in [1.54, 1.807) is 0 Å². The Morgan fingerprint density at radius 3 is 2.13 bits per heavy atom. The third-order valence-corrected chi connectivity index (χ3v) is 4.11. The first-order valence-corrected chi connectivity index (χ1v) is 5.87. The Labute approximate surface area is 92.7 Å². The van der Waals surface area contributed by atoms with E-state index >= 15 is 0 Å². The van der Waals surface area contributed by atoms with Crippen LogP contribution in [0.3, 0.4) is 0 Å². The van der Waals surface area contributed by atoms with Crippen LogP contribution in [0, 0.1) is 20.8 Å². The van der Waals surface area contributed by atoms with E-state index in [1.165, 1.54) is 41.5 Å². The Balaban J connectivity index is 2.47. The highest BCUT2D eigenvalue weighted by molar-refractivity contribution is 5.42. The van der Waals surface area contributed by atoms with Crippen molar-refractivity contribution in [3.63, 3.8) is 0 Å². The average molecular weight is 203 g/mol. The molecule has 1 saturated carbocycles. The van der Waals surface area contributed by atoms with Gasteiger partial charge in [0.15, 0.2) is 0 Å². The largest absolute Gasteiger partial charge is 0.330 e. The molecule has 0 aliphatic heterocycles. The SMILES string of the molecule is Cc1cc(C)c(C2(CN)CCC2)cc1C. The van der Waals surface area contributed by atoms with Crippen molar-refractivity contribution in [2.75, 3.05) is 6.54 Å². The van der Waals surface area contributed by atoms with Gasteiger partial charge in [-0.2, -0.15) is 0 Å². The molecule has 0 heterocycles. The highest BCUT2D eigenvalue weighted by Crippen LogP contribution is 2.44. The van der Waals surface area contributed by atoms with Crippen molar-refractivity contribution in [1.29, 1.82) is 0 Å². The molecule has 0 atom stereocenters. The minimum atomic E-state index is 0.308. The van der Waals surface area contributed by atoms with Gasteiger partial charge in [0.2, 0.25) is 0 Å². The van der Waals surface area contributed by atoms with Crippen molar-refractivity contribution in [3.8, 4) is 0 Å². The van der Waals surface area contributed by atoms with Crippen LogP contribution in [0.2, 0.25) is 0 Å². The second kappa shape index (κ2) is 3.64. The Kier molecular flexibility index (Phi) is 2.59. The van der Waals surface area contributed by atoms with E-state index in [0.29, 0.717) is 5.41 Å². The third kappa shape index (κ3) is 1.59. The smallest absolute Gasteiger partial charge is 0.00783 e. The molecule has 0 saturated heterocycles. The van der Waals surface area contributed by atoms with Gasteiger partial charge in [-0.05, 0) is 55.9 Å². The maximum absolute atomic E-state index is 5.96. The fourth-order valence-electron chi connectivity index (χ4n) is 2.72. The van der Waals surface area contributed by atoms with Crippen LogP contribution in [-0.2, 0) is 5.41 Å². The van der Waals surface area contributed by atoms with E-state index in [0.717, 1.165) is 6.54 Å². The van der Waals surface area contributed by atoms with Crippen molar-refractivity contribution in [2.24, 2.45) is 5.73 Å². The molecule has 1 fully saturated rings. The zero-order valence-electron chi connectivity index (χ0n) is 10.1. The number of hydrogen-bond donors (Lipinski definition) is 1. The lowest BCUT2D eigenvalue weighted by molar-refractivity contribution is 0.252. The molecule has 1 heteroatoms. The van der Waals surface area contributed by atoms with E-state index in [9.17, 15) is 0 Å². The van der Waals surface area contributed by atoms with Gasteiger partial charge < -0.3 is 5.73 Å². The zero-order chi connectivity index (χ0) is 11.1. The fraction of sp³-hybridized carbons (Fsp3) is 0.571. The monoisotopic (exact) mass is 203 g/mol. The van der Waals surface area contributed by atoms with Crippen LogP contribution in [-0.4, -0.2) is 6.54 Å². The molecular weight excluding hydrogens is 182 g/mol. The summed E-state index contributed by atoms with van der Waals surface area (Å²) in [7, 11) is 0. The van der Waals surface area contributed by atoms with Crippen molar-refractivity contribution in [2.45, 2.75) is 45.4 Å². The summed E-state index contributed by atoms with van der Waals surface area (Å²) in [4.78, 5) is 0. The molecule has 0 radical (unpaired) electrons. The Morgan fingerprint density at radius 1 is 1.07 bits per heavy atom. The first kappa shape index (κ1) is 10.7. The molecule has 1 aromatic carbocycles. The van der Waals surface area contributed by atoms with Crippen LogP contribution in [0.25, 0.3) is 0 Å². The minimum absolute atomic E-state index is 0.308. The maximum atomic E-state index is 5.96. The summed E-state index contributed by atoms with van der Waals surface area (Å²) in [5, 5.41) is 0. The Morgan fingerprint density at radius 2 is 1.67 bits per heavy atom. The number of nitrogens with two attached hydrogens (primary N) is 1. The standard InChI is InChI=1S/C14H21N/c1-10-7-12(3)13(8-11(10)2)14(9-15)5-4-6-14/h7-8H,4-6,9,15H2,1-3H3. The summed E-state index contributed by atoms with van der Waals surface area (Å²) in [6.45, 7) is 7.40. The number of benzene rings is 1. The van der Waals surface area contributed by atoms with Crippen LogP contribution < -0.4 is 5.73 Å². The quantitative estimate of drug-likeness (QED) is 0.785. The van der Waals surface area contributed by atoms with E-state index in [2.05, 4.69) is 32.9 Å². The molecule has 1 nitrogen and oxygen atoms in total. The molecule has 0 unspecified atom stereocenters. The summed E-state index contributed by atoms with van der Waals surface area (Å²) < 4.78 is 0. The second-order valence-electron chi connectivity index (χ2n) is 5.09. The van der Waals surface area contributed by atoms with Gasteiger partial charge in [0.1, 0.15) is 0 Å². The molecule has 0 aromatic heterocycles. The molecule has 0 amide bonds. The predicted octanol–water partition coefficient (Wildman–Crippen LogP) is 2.99.